The Hall–Kier alpha value is -1.62. The lowest BCUT2D eigenvalue weighted by Gasteiger charge is -2.10. The number of nitrogens with one attached hydrogen (secondary N) is 2. The second-order valence-corrected chi connectivity index (χ2v) is 4.15. The molecule has 0 bridgehead atoms. The van der Waals surface area contributed by atoms with E-state index in [-0.39, 0.29) is 11.9 Å². The monoisotopic (exact) mass is 250 g/mol. The van der Waals surface area contributed by atoms with Gasteiger partial charge >= 0.3 is 0 Å². The summed E-state index contributed by atoms with van der Waals surface area (Å²) >= 11 is 0. The number of carbonyl (C=O) groups is 1. The minimum absolute atomic E-state index is 0.0600. The van der Waals surface area contributed by atoms with E-state index in [1.807, 2.05) is 25.1 Å². The van der Waals surface area contributed by atoms with Crippen LogP contribution in [0.2, 0.25) is 0 Å². The van der Waals surface area contributed by atoms with E-state index >= 15 is 0 Å². The van der Waals surface area contributed by atoms with Crippen LogP contribution < -0.4 is 16.4 Å². The van der Waals surface area contributed by atoms with Gasteiger partial charge in [0.2, 0.25) is 5.91 Å². The number of hydrogen-bond donors (Lipinski definition) is 3. The second-order valence-electron chi connectivity index (χ2n) is 4.15. The van der Waals surface area contributed by atoms with Crippen molar-refractivity contribution in [2.24, 2.45) is 5.73 Å². The first kappa shape index (κ1) is 14.4. The van der Waals surface area contributed by atoms with Crippen molar-refractivity contribution in [1.82, 2.24) is 10.3 Å². The van der Waals surface area contributed by atoms with E-state index in [1.165, 1.54) is 0 Å². The van der Waals surface area contributed by atoms with Crippen LogP contribution in [0.5, 0.6) is 0 Å². The summed E-state index contributed by atoms with van der Waals surface area (Å²) in [5, 5.41) is 6.04. The number of nitrogens with zero attached hydrogens (tertiary/aromatic N) is 1. The highest BCUT2D eigenvalue weighted by atomic mass is 16.2. The fourth-order valence-electron chi connectivity index (χ4n) is 1.46. The van der Waals surface area contributed by atoms with Crippen molar-refractivity contribution in [3.05, 3.63) is 24.4 Å². The molecule has 18 heavy (non-hydrogen) atoms. The molecule has 0 saturated carbocycles. The van der Waals surface area contributed by atoms with Gasteiger partial charge in [-0.3, -0.25) is 4.79 Å². The van der Waals surface area contributed by atoms with Crippen LogP contribution in [0.4, 0.5) is 5.82 Å². The lowest BCUT2D eigenvalue weighted by Crippen LogP contribution is -2.40. The third kappa shape index (κ3) is 5.63. The van der Waals surface area contributed by atoms with Gasteiger partial charge in [-0.05, 0) is 31.4 Å². The Morgan fingerprint density at radius 3 is 2.83 bits per heavy atom. The average Bonchev–Trinajstić information content (AvgIpc) is 2.42. The molecule has 1 heterocycles. The Kier molecular flexibility index (Phi) is 6.79. The van der Waals surface area contributed by atoms with Crippen LogP contribution in [-0.2, 0) is 4.79 Å². The van der Waals surface area contributed by atoms with Crippen molar-refractivity contribution in [2.45, 2.75) is 32.2 Å². The highest BCUT2D eigenvalue weighted by Crippen LogP contribution is 2.00. The van der Waals surface area contributed by atoms with E-state index in [4.69, 9.17) is 5.73 Å². The minimum atomic E-state index is -0.378. The maximum atomic E-state index is 11.4. The molecule has 5 heteroatoms. The summed E-state index contributed by atoms with van der Waals surface area (Å²) in [6.45, 7) is 3.43. The van der Waals surface area contributed by atoms with Gasteiger partial charge in [0, 0.05) is 19.3 Å². The van der Waals surface area contributed by atoms with E-state index in [0.717, 1.165) is 25.2 Å². The molecule has 0 aromatic carbocycles. The van der Waals surface area contributed by atoms with Crippen molar-refractivity contribution >= 4 is 11.7 Å². The Labute approximate surface area is 108 Å². The van der Waals surface area contributed by atoms with Crippen LogP contribution in [0.25, 0.3) is 0 Å². The van der Waals surface area contributed by atoms with Gasteiger partial charge in [0.1, 0.15) is 5.82 Å². The number of nitrogens with two attached hydrogens (primary N) is 1. The largest absolute Gasteiger partial charge is 0.370 e. The molecule has 1 atom stereocenters. The molecule has 0 aliphatic heterocycles. The topological polar surface area (TPSA) is 80.0 Å². The van der Waals surface area contributed by atoms with E-state index in [0.29, 0.717) is 13.0 Å². The molecule has 0 spiro atoms. The molecule has 1 aromatic heterocycles. The molecule has 4 N–H and O–H groups in total. The number of pyridine rings is 1. The van der Waals surface area contributed by atoms with E-state index in [1.54, 1.807) is 6.20 Å². The molecule has 100 valence electrons. The zero-order valence-electron chi connectivity index (χ0n) is 10.9. The van der Waals surface area contributed by atoms with E-state index in [9.17, 15) is 4.79 Å². The maximum absolute atomic E-state index is 11.4. The fraction of sp³-hybridized carbons (Fsp3) is 0.538. The Morgan fingerprint density at radius 1 is 1.39 bits per heavy atom. The Balaban J connectivity index is 2.01. The molecule has 5 nitrogen and oxygen atoms in total. The van der Waals surface area contributed by atoms with Crippen molar-refractivity contribution in [2.75, 3.05) is 18.4 Å². The Bertz CT molecular complexity index is 342. The summed E-state index contributed by atoms with van der Waals surface area (Å²) in [6.07, 6.45) is 4.35. The van der Waals surface area contributed by atoms with Crippen LogP contribution in [-0.4, -0.2) is 30.0 Å². The zero-order chi connectivity index (χ0) is 13.2. The van der Waals surface area contributed by atoms with Gasteiger partial charge < -0.3 is 16.4 Å². The summed E-state index contributed by atoms with van der Waals surface area (Å²) in [5.41, 5.74) is 5.60. The van der Waals surface area contributed by atoms with Crippen molar-refractivity contribution in [3.63, 3.8) is 0 Å². The van der Waals surface area contributed by atoms with Gasteiger partial charge in [0.05, 0.1) is 6.04 Å². The molecular weight excluding hydrogens is 228 g/mol. The van der Waals surface area contributed by atoms with Gasteiger partial charge in [-0.1, -0.05) is 13.0 Å². The SMILES string of the molecule is CC[C@H](N)C(=O)NCCCCNc1ccccn1. The van der Waals surface area contributed by atoms with Crippen LogP contribution in [0.1, 0.15) is 26.2 Å². The number of carbonyl (C=O) groups excluding carboxylic acids is 1. The lowest BCUT2D eigenvalue weighted by atomic mass is 10.2. The molecule has 1 aromatic rings. The van der Waals surface area contributed by atoms with Crippen LogP contribution in [0, 0.1) is 0 Å². The third-order valence-corrected chi connectivity index (χ3v) is 2.65. The molecule has 0 fully saturated rings. The van der Waals surface area contributed by atoms with Crippen molar-refractivity contribution < 1.29 is 4.79 Å². The molecule has 0 aliphatic rings. The first-order valence-corrected chi connectivity index (χ1v) is 6.42. The summed E-state index contributed by atoms with van der Waals surface area (Å²) in [6, 6.07) is 5.39. The van der Waals surface area contributed by atoms with Gasteiger partial charge in [0.15, 0.2) is 0 Å². The molecule has 1 rings (SSSR count). The average molecular weight is 250 g/mol. The molecule has 0 aliphatic carbocycles. The first-order valence-electron chi connectivity index (χ1n) is 6.42. The minimum Gasteiger partial charge on any atom is -0.370 e. The highest BCUT2D eigenvalue weighted by Gasteiger charge is 2.08. The van der Waals surface area contributed by atoms with Gasteiger partial charge in [-0.2, -0.15) is 0 Å². The maximum Gasteiger partial charge on any atom is 0.236 e. The quantitative estimate of drug-likeness (QED) is 0.604. The number of amides is 1. The van der Waals surface area contributed by atoms with Crippen molar-refractivity contribution in [3.8, 4) is 0 Å². The number of anilines is 1. The normalized spacial score (nSPS) is 11.9. The van der Waals surface area contributed by atoms with Gasteiger partial charge in [-0.15, -0.1) is 0 Å². The van der Waals surface area contributed by atoms with Crippen LogP contribution in [0.3, 0.4) is 0 Å². The second kappa shape index (κ2) is 8.47. The molecule has 0 unspecified atom stereocenters. The lowest BCUT2D eigenvalue weighted by molar-refractivity contribution is -0.122. The molecule has 0 radical (unpaired) electrons. The summed E-state index contributed by atoms with van der Waals surface area (Å²) < 4.78 is 0. The summed E-state index contributed by atoms with van der Waals surface area (Å²) in [5.74, 6) is 0.824. The predicted molar refractivity (Wildman–Crippen MR) is 73.2 cm³/mol. The van der Waals surface area contributed by atoms with Crippen molar-refractivity contribution in [1.29, 1.82) is 0 Å². The smallest absolute Gasteiger partial charge is 0.236 e. The number of unbranched alkanes of at least 4 members (excludes halogenated alkanes) is 1. The standard InChI is InChI=1S/C13H22N4O/c1-2-11(14)13(18)17-10-6-5-9-16-12-7-3-4-8-15-12/h3-4,7-8,11H,2,5-6,9-10,14H2,1H3,(H,15,16)(H,17,18)/t11-/m0/s1. The van der Waals surface area contributed by atoms with Crippen LogP contribution in [0.15, 0.2) is 24.4 Å². The first-order chi connectivity index (χ1) is 8.74. The number of rotatable bonds is 8. The Morgan fingerprint density at radius 2 is 2.17 bits per heavy atom. The van der Waals surface area contributed by atoms with Gasteiger partial charge in [0.25, 0.3) is 0 Å². The third-order valence-electron chi connectivity index (χ3n) is 2.65. The number of aromatic nitrogens is 1. The zero-order valence-corrected chi connectivity index (χ0v) is 10.9. The van der Waals surface area contributed by atoms with E-state index in [2.05, 4.69) is 15.6 Å². The molecule has 1 amide bonds. The summed E-state index contributed by atoms with van der Waals surface area (Å²) in [4.78, 5) is 15.5. The predicted octanol–water partition coefficient (Wildman–Crippen LogP) is 1.13. The molecule has 0 saturated heterocycles. The number of hydrogen-bond acceptors (Lipinski definition) is 4. The van der Waals surface area contributed by atoms with E-state index < -0.39 is 0 Å². The molecular formula is C13H22N4O. The fourth-order valence-corrected chi connectivity index (χ4v) is 1.46. The summed E-state index contributed by atoms with van der Waals surface area (Å²) in [7, 11) is 0. The van der Waals surface area contributed by atoms with Crippen LogP contribution >= 0.6 is 0 Å². The highest BCUT2D eigenvalue weighted by molar-refractivity contribution is 5.81. The van der Waals surface area contributed by atoms with Gasteiger partial charge in [-0.25, -0.2) is 4.98 Å².